The second kappa shape index (κ2) is 8.51. The maximum Gasteiger partial charge on any atom is 0.217 e. The normalized spacial score (nSPS) is 10.4. The lowest BCUT2D eigenvalue weighted by molar-refractivity contribution is -0.118. The second-order valence-electron chi connectivity index (χ2n) is 4.77. The summed E-state index contributed by atoms with van der Waals surface area (Å²) in [5.41, 5.74) is 13.7. The van der Waals surface area contributed by atoms with Gasteiger partial charge in [-0.05, 0) is 31.2 Å². The number of hydrogen-bond donors (Lipinski definition) is 3. The molecular formula is C14H23N5OS. The fourth-order valence-corrected chi connectivity index (χ4v) is 2.41. The fraction of sp³-hybridized carbons (Fsp3) is 0.571. The molecule has 1 amide bonds. The summed E-state index contributed by atoms with van der Waals surface area (Å²) in [6, 6.07) is 0. The van der Waals surface area contributed by atoms with E-state index in [2.05, 4.69) is 22.4 Å². The third kappa shape index (κ3) is 4.93. The van der Waals surface area contributed by atoms with Crippen LogP contribution in [-0.4, -0.2) is 27.6 Å². The van der Waals surface area contributed by atoms with Crippen molar-refractivity contribution in [1.82, 2.24) is 10.2 Å². The van der Waals surface area contributed by atoms with Crippen molar-refractivity contribution < 1.29 is 4.79 Å². The van der Waals surface area contributed by atoms with Crippen LogP contribution in [-0.2, 0) is 17.6 Å². The summed E-state index contributed by atoms with van der Waals surface area (Å²) in [4.78, 5) is 11.0. The quantitative estimate of drug-likeness (QED) is 0.469. The molecule has 0 saturated heterocycles. The number of anilines is 1. The zero-order chi connectivity index (χ0) is 15.8. The van der Waals surface area contributed by atoms with E-state index in [1.165, 1.54) is 0 Å². The number of hydrogen-bond acceptors (Lipinski definition) is 5. The molecule has 21 heavy (non-hydrogen) atoms. The monoisotopic (exact) mass is 309 g/mol. The second-order valence-corrected chi connectivity index (χ2v) is 5.21. The number of rotatable bonds is 9. The van der Waals surface area contributed by atoms with E-state index in [0.717, 1.165) is 42.5 Å². The highest BCUT2D eigenvalue weighted by Gasteiger charge is 2.16. The zero-order valence-corrected chi connectivity index (χ0v) is 13.4. The van der Waals surface area contributed by atoms with Crippen LogP contribution in [0, 0.1) is 0 Å². The van der Waals surface area contributed by atoms with E-state index < -0.39 is 0 Å². The van der Waals surface area contributed by atoms with Crippen molar-refractivity contribution in [3.8, 4) is 0 Å². The minimum absolute atomic E-state index is 0.279. The van der Waals surface area contributed by atoms with Gasteiger partial charge in [-0.3, -0.25) is 4.79 Å². The highest BCUT2D eigenvalue weighted by molar-refractivity contribution is 7.80. The van der Waals surface area contributed by atoms with Gasteiger partial charge in [-0.15, -0.1) is 5.10 Å². The van der Waals surface area contributed by atoms with Gasteiger partial charge in [0.05, 0.1) is 11.3 Å². The van der Waals surface area contributed by atoms with Gasteiger partial charge < -0.3 is 16.8 Å². The molecule has 0 fully saturated rings. The summed E-state index contributed by atoms with van der Waals surface area (Å²) in [6.07, 6.45) is 3.56. The van der Waals surface area contributed by atoms with Gasteiger partial charge in [0, 0.05) is 13.0 Å². The van der Waals surface area contributed by atoms with Gasteiger partial charge in [-0.1, -0.05) is 26.1 Å². The van der Waals surface area contributed by atoms with Crippen LogP contribution in [0.15, 0.2) is 0 Å². The first-order chi connectivity index (χ1) is 10.0. The molecule has 5 N–H and O–H groups in total. The molecular weight excluding hydrogens is 286 g/mol. The van der Waals surface area contributed by atoms with Crippen molar-refractivity contribution in [1.29, 1.82) is 0 Å². The van der Waals surface area contributed by atoms with Crippen molar-refractivity contribution >= 4 is 28.9 Å². The molecule has 0 spiro atoms. The molecule has 116 valence electrons. The highest BCUT2D eigenvalue weighted by Crippen LogP contribution is 2.21. The Labute approximate surface area is 130 Å². The predicted molar refractivity (Wildman–Crippen MR) is 88.2 cm³/mol. The van der Waals surface area contributed by atoms with Crippen molar-refractivity contribution in [2.24, 2.45) is 11.5 Å². The lowest BCUT2D eigenvalue weighted by Gasteiger charge is -2.15. The molecule has 1 aromatic heterocycles. The Bertz CT molecular complexity index is 518. The van der Waals surface area contributed by atoms with E-state index in [1.54, 1.807) is 0 Å². The van der Waals surface area contributed by atoms with E-state index in [1.807, 2.05) is 6.92 Å². The van der Waals surface area contributed by atoms with Crippen molar-refractivity contribution in [3.63, 3.8) is 0 Å². The van der Waals surface area contributed by atoms with Gasteiger partial charge in [-0.2, -0.15) is 5.10 Å². The smallest absolute Gasteiger partial charge is 0.217 e. The fourth-order valence-electron chi connectivity index (χ4n) is 2.19. The molecule has 7 heteroatoms. The third-order valence-corrected chi connectivity index (χ3v) is 3.44. The average molecular weight is 309 g/mol. The Balaban J connectivity index is 2.82. The van der Waals surface area contributed by atoms with Crippen LogP contribution in [0.4, 0.5) is 5.82 Å². The van der Waals surface area contributed by atoms with E-state index in [9.17, 15) is 4.79 Å². The van der Waals surface area contributed by atoms with E-state index in [0.29, 0.717) is 23.8 Å². The van der Waals surface area contributed by atoms with Crippen molar-refractivity contribution in [3.05, 3.63) is 16.8 Å². The summed E-state index contributed by atoms with van der Waals surface area (Å²) >= 11 is 5.16. The lowest BCUT2D eigenvalue weighted by atomic mass is 10.0. The molecule has 0 aliphatic rings. The molecule has 0 aliphatic heterocycles. The molecule has 0 aromatic carbocycles. The number of nitrogens with two attached hydrogens (primary N) is 2. The van der Waals surface area contributed by atoms with Crippen LogP contribution in [0.3, 0.4) is 0 Å². The highest BCUT2D eigenvalue weighted by atomic mass is 32.1. The zero-order valence-electron chi connectivity index (χ0n) is 12.6. The summed E-state index contributed by atoms with van der Waals surface area (Å²) in [7, 11) is 0. The Morgan fingerprint density at radius 2 is 1.90 bits per heavy atom. The number of nitrogens with one attached hydrogen (secondary N) is 1. The summed E-state index contributed by atoms with van der Waals surface area (Å²) in [5.74, 6) is 0.342. The molecule has 0 saturated carbocycles. The Hall–Kier alpha value is -1.76. The van der Waals surface area contributed by atoms with Gasteiger partial charge in [0.15, 0.2) is 5.82 Å². The van der Waals surface area contributed by atoms with Gasteiger partial charge in [0.2, 0.25) is 5.91 Å². The van der Waals surface area contributed by atoms with Crippen LogP contribution in [0.1, 0.15) is 49.9 Å². The number of aryl methyl sites for hydroxylation is 1. The number of carbonyl (C=O) groups is 1. The maximum atomic E-state index is 10.7. The first-order valence-electron chi connectivity index (χ1n) is 7.21. The molecule has 1 aromatic rings. The molecule has 0 atom stereocenters. The summed E-state index contributed by atoms with van der Waals surface area (Å²) < 4.78 is 0. The number of carbonyl (C=O) groups excluding carboxylic acids is 1. The minimum atomic E-state index is -0.279. The number of primary amides is 1. The number of aromatic nitrogens is 2. The average Bonchev–Trinajstić information content (AvgIpc) is 2.45. The molecule has 0 aliphatic carbocycles. The minimum Gasteiger partial charge on any atom is -0.389 e. The Kier molecular flexibility index (Phi) is 7.01. The van der Waals surface area contributed by atoms with E-state index >= 15 is 0 Å². The number of amides is 1. The van der Waals surface area contributed by atoms with Gasteiger partial charge in [-0.25, -0.2) is 0 Å². The first kappa shape index (κ1) is 17.3. The van der Waals surface area contributed by atoms with Crippen LogP contribution < -0.4 is 16.8 Å². The predicted octanol–water partition coefficient (Wildman–Crippen LogP) is 1.30. The topological polar surface area (TPSA) is 107 Å². The van der Waals surface area contributed by atoms with E-state index in [4.69, 9.17) is 23.7 Å². The van der Waals surface area contributed by atoms with Crippen LogP contribution in [0.2, 0.25) is 0 Å². The summed E-state index contributed by atoms with van der Waals surface area (Å²) in [5, 5.41) is 11.6. The van der Waals surface area contributed by atoms with Crippen LogP contribution in [0.25, 0.3) is 0 Å². The van der Waals surface area contributed by atoms with Gasteiger partial charge in [0.1, 0.15) is 4.99 Å². The van der Waals surface area contributed by atoms with Crippen LogP contribution >= 0.6 is 12.2 Å². The molecule has 1 heterocycles. The van der Waals surface area contributed by atoms with Crippen molar-refractivity contribution in [2.45, 2.75) is 46.0 Å². The maximum absolute atomic E-state index is 10.7. The van der Waals surface area contributed by atoms with Gasteiger partial charge in [0.25, 0.3) is 0 Å². The standard InChI is InChI=1S/C14H23N5OS/c1-3-9-10(4-2)18-19-14(12(9)13(16)21)17-8-6-5-7-11(15)20/h3-8H2,1-2H3,(H2,15,20)(H2,16,21)(H,17,19). The Morgan fingerprint density at radius 3 is 2.43 bits per heavy atom. The molecule has 1 rings (SSSR count). The van der Waals surface area contributed by atoms with Crippen LogP contribution in [0.5, 0.6) is 0 Å². The van der Waals surface area contributed by atoms with E-state index in [-0.39, 0.29) is 5.91 Å². The Morgan fingerprint density at radius 1 is 1.19 bits per heavy atom. The first-order valence-corrected chi connectivity index (χ1v) is 7.62. The number of unbranched alkanes of at least 4 members (excludes halogenated alkanes) is 1. The molecule has 0 unspecified atom stereocenters. The molecule has 6 nitrogen and oxygen atoms in total. The number of thiocarbonyl (C=S) groups is 1. The third-order valence-electron chi connectivity index (χ3n) is 3.23. The SMILES string of the molecule is CCc1nnc(NCCCCC(N)=O)c(C(N)=S)c1CC. The summed E-state index contributed by atoms with van der Waals surface area (Å²) in [6.45, 7) is 4.75. The molecule has 0 radical (unpaired) electrons. The van der Waals surface area contributed by atoms with Gasteiger partial charge >= 0.3 is 0 Å². The largest absolute Gasteiger partial charge is 0.389 e. The van der Waals surface area contributed by atoms with Crippen molar-refractivity contribution in [2.75, 3.05) is 11.9 Å². The number of nitrogens with zero attached hydrogens (tertiary/aromatic N) is 2. The lowest BCUT2D eigenvalue weighted by Crippen LogP contribution is -2.20. The molecule has 0 bridgehead atoms.